The van der Waals surface area contributed by atoms with Gasteiger partial charge in [-0.05, 0) is 18.8 Å². The van der Waals surface area contributed by atoms with Crippen LogP contribution in [0, 0.1) is 5.92 Å². The molecule has 1 rings (SSSR count). The van der Waals surface area contributed by atoms with Crippen molar-refractivity contribution < 1.29 is 9.53 Å². The molecule has 0 radical (unpaired) electrons. The molecule has 1 amide bonds. The van der Waals surface area contributed by atoms with Crippen molar-refractivity contribution in [1.82, 2.24) is 4.90 Å². The Morgan fingerprint density at radius 3 is 2.50 bits per heavy atom. The Labute approximate surface area is 86.4 Å². The lowest BCUT2D eigenvalue weighted by atomic mass is 10.1. The summed E-state index contributed by atoms with van der Waals surface area (Å²) in [6.07, 6.45) is 2.63. The van der Waals surface area contributed by atoms with Crippen LogP contribution in [0.25, 0.3) is 0 Å². The van der Waals surface area contributed by atoms with E-state index < -0.39 is 0 Å². The molecular formula is C11H21NO2. The first-order chi connectivity index (χ1) is 6.61. The Morgan fingerprint density at radius 1 is 1.43 bits per heavy atom. The van der Waals surface area contributed by atoms with Crippen LogP contribution in [0.5, 0.6) is 0 Å². The summed E-state index contributed by atoms with van der Waals surface area (Å²) in [6.45, 7) is 5.75. The number of hydrogen-bond acceptors (Lipinski definition) is 2. The third kappa shape index (κ3) is 3.29. The molecule has 0 unspecified atom stereocenters. The van der Waals surface area contributed by atoms with E-state index in [1.807, 2.05) is 11.9 Å². The van der Waals surface area contributed by atoms with Gasteiger partial charge in [-0.2, -0.15) is 0 Å². The van der Waals surface area contributed by atoms with Crippen LogP contribution in [-0.2, 0) is 9.53 Å². The second-order valence-corrected chi connectivity index (χ2v) is 4.45. The first-order valence-electron chi connectivity index (χ1n) is 5.44. The van der Waals surface area contributed by atoms with Crippen molar-refractivity contribution in [2.45, 2.75) is 39.2 Å². The SMILES string of the molecule is CC(C)CC(=O)N(C)C1CCOCC1. The van der Waals surface area contributed by atoms with Crippen LogP contribution in [0.2, 0.25) is 0 Å². The van der Waals surface area contributed by atoms with Crippen LogP contribution < -0.4 is 0 Å². The summed E-state index contributed by atoms with van der Waals surface area (Å²) in [5.41, 5.74) is 0. The molecule has 0 atom stereocenters. The molecule has 3 nitrogen and oxygen atoms in total. The molecule has 1 saturated heterocycles. The van der Waals surface area contributed by atoms with E-state index in [0.717, 1.165) is 26.1 Å². The van der Waals surface area contributed by atoms with E-state index in [0.29, 0.717) is 18.4 Å². The zero-order valence-corrected chi connectivity index (χ0v) is 9.45. The molecule has 82 valence electrons. The second-order valence-electron chi connectivity index (χ2n) is 4.45. The van der Waals surface area contributed by atoms with Gasteiger partial charge in [-0.25, -0.2) is 0 Å². The van der Waals surface area contributed by atoms with E-state index in [1.54, 1.807) is 0 Å². The highest BCUT2D eigenvalue weighted by Gasteiger charge is 2.22. The molecule has 3 heteroatoms. The lowest BCUT2D eigenvalue weighted by Gasteiger charge is -2.31. The van der Waals surface area contributed by atoms with Gasteiger partial charge in [0.25, 0.3) is 0 Å². The van der Waals surface area contributed by atoms with E-state index in [-0.39, 0.29) is 5.91 Å². The Bertz CT molecular complexity index is 186. The average molecular weight is 199 g/mol. The second kappa shape index (κ2) is 5.35. The smallest absolute Gasteiger partial charge is 0.222 e. The Hall–Kier alpha value is -0.570. The van der Waals surface area contributed by atoms with E-state index >= 15 is 0 Å². The summed E-state index contributed by atoms with van der Waals surface area (Å²) < 4.78 is 5.27. The van der Waals surface area contributed by atoms with Crippen LogP contribution >= 0.6 is 0 Å². The van der Waals surface area contributed by atoms with E-state index in [2.05, 4.69) is 13.8 Å². The molecule has 1 aliphatic rings. The van der Waals surface area contributed by atoms with Crippen molar-refractivity contribution in [2.75, 3.05) is 20.3 Å². The van der Waals surface area contributed by atoms with Crippen molar-refractivity contribution in [3.8, 4) is 0 Å². The molecular weight excluding hydrogens is 178 g/mol. The van der Waals surface area contributed by atoms with E-state index in [1.165, 1.54) is 0 Å². The Morgan fingerprint density at radius 2 is 2.00 bits per heavy atom. The van der Waals surface area contributed by atoms with Gasteiger partial charge in [0, 0.05) is 32.7 Å². The Balaban J connectivity index is 2.38. The molecule has 0 aromatic carbocycles. The minimum absolute atomic E-state index is 0.270. The number of amides is 1. The van der Waals surface area contributed by atoms with Gasteiger partial charge in [-0.15, -0.1) is 0 Å². The maximum atomic E-state index is 11.7. The maximum Gasteiger partial charge on any atom is 0.222 e. The number of carbonyl (C=O) groups is 1. The van der Waals surface area contributed by atoms with E-state index in [4.69, 9.17) is 4.74 Å². The maximum absolute atomic E-state index is 11.7. The van der Waals surface area contributed by atoms with Crippen molar-refractivity contribution in [2.24, 2.45) is 5.92 Å². The highest BCUT2D eigenvalue weighted by Crippen LogP contribution is 2.15. The molecule has 0 aromatic rings. The van der Waals surface area contributed by atoms with Gasteiger partial charge >= 0.3 is 0 Å². The highest BCUT2D eigenvalue weighted by atomic mass is 16.5. The first-order valence-corrected chi connectivity index (χ1v) is 5.44. The van der Waals surface area contributed by atoms with Crippen molar-refractivity contribution in [3.05, 3.63) is 0 Å². The zero-order chi connectivity index (χ0) is 10.6. The third-order valence-electron chi connectivity index (χ3n) is 2.71. The van der Waals surface area contributed by atoms with Gasteiger partial charge in [-0.1, -0.05) is 13.8 Å². The lowest BCUT2D eigenvalue weighted by molar-refractivity contribution is -0.134. The molecule has 0 N–H and O–H groups in total. The molecule has 1 aliphatic heterocycles. The van der Waals surface area contributed by atoms with Gasteiger partial charge in [-0.3, -0.25) is 4.79 Å². The minimum Gasteiger partial charge on any atom is -0.381 e. The predicted molar refractivity (Wildman–Crippen MR) is 56.1 cm³/mol. The lowest BCUT2D eigenvalue weighted by Crippen LogP contribution is -2.40. The number of carbonyl (C=O) groups excluding carboxylic acids is 1. The summed E-state index contributed by atoms with van der Waals surface area (Å²) in [5.74, 6) is 0.719. The molecule has 1 heterocycles. The van der Waals surface area contributed by atoms with Crippen LogP contribution in [0.15, 0.2) is 0 Å². The van der Waals surface area contributed by atoms with Gasteiger partial charge < -0.3 is 9.64 Å². The number of rotatable bonds is 3. The molecule has 0 bridgehead atoms. The summed E-state index contributed by atoms with van der Waals surface area (Å²) in [4.78, 5) is 13.6. The van der Waals surface area contributed by atoms with Gasteiger partial charge in [0.15, 0.2) is 0 Å². The highest BCUT2D eigenvalue weighted by molar-refractivity contribution is 5.76. The number of ether oxygens (including phenoxy) is 1. The van der Waals surface area contributed by atoms with Crippen molar-refractivity contribution in [1.29, 1.82) is 0 Å². The fraction of sp³-hybridized carbons (Fsp3) is 0.909. The molecule has 0 aliphatic carbocycles. The topological polar surface area (TPSA) is 29.5 Å². The molecule has 0 aromatic heterocycles. The van der Waals surface area contributed by atoms with Gasteiger partial charge in [0.1, 0.15) is 0 Å². The molecule has 14 heavy (non-hydrogen) atoms. The number of nitrogens with zero attached hydrogens (tertiary/aromatic N) is 1. The minimum atomic E-state index is 0.270. The van der Waals surface area contributed by atoms with E-state index in [9.17, 15) is 4.79 Å². The largest absolute Gasteiger partial charge is 0.381 e. The zero-order valence-electron chi connectivity index (χ0n) is 9.45. The molecule has 1 fully saturated rings. The molecule has 0 saturated carbocycles. The monoisotopic (exact) mass is 199 g/mol. The standard InChI is InChI=1S/C11H21NO2/c1-9(2)8-11(13)12(3)10-4-6-14-7-5-10/h9-10H,4-8H2,1-3H3. The first kappa shape index (κ1) is 11.5. The quantitative estimate of drug-likeness (QED) is 0.692. The Kier molecular flexibility index (Phi) is 4.39. The van der Waals surface area contributed by atoms with Crippen LogP contribution in [0.4, 0.5) is 0 Å². The van der Waals surface area contributed by atoms with Crippen LogP contribution in [0.3, 0.4) is 0 Å². The van der Waals surface area contributed by atoms with Gasteiger partial charge in [0.05, 0.1) is 0 Å². The average Bonchev–Trinajstić information content (AvgIpc) is 2.17. The number of hydrogen-bond donors (Lipinski definition) is 0. The van der Waals surface area contributed by atoms with Crippen molar-refractivity contribution >= 4 is 5.91 Å². The summed E-state index contributed by atoms with van der Waals surface area (Å²) in [7, 11) is 1.92. The summed E-state index contributed by atoms with van der Waals surface area (Å²) >= 11 is 0. The summed E-state index contributed by atoms with van der Waals surface area (Å²) in [5, 5.41) is 0. The van der Waals surface area contributed by atoms with Crippen molar-refractivity contribution in [3.63, 3.8) is 0 Å². The summed E-state index contributed by atoms with van der Waals surface area (Å²) in [6, 6.07) is 0.398. The fourth-order valence-corrected chi connectivity index (χ4v) is 1.77. The normalized spacial score (nSPS) is 18.6. The van der Waals surface area contributed by atoms with Gasteiger partial charge in [0.2, 0.25) is 5.91 Å². The van der Waals surface area contributed by atoms with Crippen LogP contribution in [-0.4, -0.2) is 37.1 Å². The van der Waals surface area contributed by atoms with Crippen LogP contribution in [0.1, 0.15) is 33.1 Å². The predicted octanol–water partition coefficient (Wildman–Crippen LogP) is 1.67. The molecule has 0 spiro atoms. The third-order valence-corrected chi connectivity index (χ3v) is 2.71. The fourth-order valence-electron chi connectivity index (χ4n) is 1.77.